The van der Waals surface area contributed by atoms with Crippen molar-refractivity contribution in [1.82, 2.24) is 19.3 Å². The number of hydrogen-bond donors (Lipinski definition) is 3. The van der Waals surface area contributed by atoms with E-state index in [1.165, 1.54) is 22.5 Å². The van der Waals surface area contributed by atoms with Crippen molar-refractivity contribution < 1.29 is 27.4 Å². The molecule has 3 heterocycles. The smallest absolute Gasteiger partial charge is 0.398 e. The molecule has 3 N–H and O–H groups in total. The molecular formula is C23H27F2N6O4S2+. The molecule has 0 spiro atoms. The van der Waals surface area contributed by atoms with Gasteiger partial charge in [0.25, 0.3) is 0 Å². The standard InChI is InChI=1S/C23H26F2N6O4S2/c1-16(14-32)35-21-13-20(27-23(28-21)36-15-17-3-2-4-19(24)22(17)25)29-37(33,34)31-11-9-30(10-12-31)18-5-7-26-8-6-18/h2-8,13,16,32H,9-12,14-15H2,1H3,(H-,27,28,29,33,34)/p+1/t16-/m1/s1. The zero-order valence-corrected chi connectivity index (χ0v) is 21.6. The molecule has 0 saturated carbocycles. The van der Waals surface area contributed by atoms with Gasteiger partial charge in [-0.25, -0.2) is 13.8 Å². The van der Waals surface area contributed by atoms with Crippen molar-refractivity contribution in [3.05, 3.63) is 66.0 Å². The monoisotopic (exact) mass is 553 g/mol. The molecule has 0 amide bonds. The van der Waals surface area contributed by atoms with Gasteiger partial charge >= 0.3 is 10.6 Å². The molecule has 0 aliphatic carbocycles. The third-order valence-electron chi connectivity index (χ3n) is 5.50. The summed E-state index contributed by atoms with van der Waals surface area (Å²) in [5, 5.41) is 9.45. The van der Waals surface area contributed by atoms with Crippen LogP contribution in [0.5, 0.6) is 5.88 Å². The minimum Gasteiger partial charge on any atom is -0.472 e. The van der Waals surface area contributed by atoms with Crippen LogP contribution in [0.25, 0.3) is 0 Å². The van der Waals surface area contributed by atoms with Crippen molar-refractivity contribution in [2.24, 2.45) is 0 Å². The third-order valence-corrected chi connectivity index (χ3v) is 7.94. The van der Waals surface area contributed by atoms with Crippen LogP contribution in [-0.2, 0) is 20.5 Å². The summed E-state index contributed by atoms with van der Waals surface area (Å²) in [6.45, 7) is 3.07. The number of pyridine rings is 1. The number of anilines is 2. The van der Waals surface area contributed by atoms with Gasteiger partial charge < -0.3 is 14.7 Å². The summed E-state index contributed by atoms with van der Waals surface area (Å²) in [5.74, 6) is -1.83. The lowest BCUT2D eigenvalue weighted by molar-refractivity contribution is 0.124. The minimum atomic E-state index is -3.71. The molecular weight excluding hydrogens is 526 g/mol. The van der Waals surface area contributed by atoms with Gasteiger partial charge in [0, 0.05) is 48.6 Å². The van der Waals surface area contributed by atoms with Crippen molar-refractivity contribution in [3.63, 3.8) is 0 Å². The number of benzene rings is 1. The van der Waals surface area contributed by atoms with Crippen molar-refractivity contribution in [3.8, 4) is 5.88 Å². The average Bonchev–Trinajstić information content (AvgIpc) is 2.89. The second kappa shape index (κ2) is 12.1. The van der Waals surface area contributed by atoms with Crippen LogP contribution in [0.2, 0.25) is 0 Å². The Bertz CT molecular complexity index is 1250. The largest absolute Gasteiger partial charge is 0.472 e. The van der Waals surface area contributed by atoms with Crippen LogP contribution in [0, 0.1) is 11.6 Å². The summed E-state index contributed by atoms with van der Waals surface area (Å²) >= 11 is 1.01. The lowest BCUT2D eigenvalue weighted by Crippen LogP contribution is -2.52. The number of piperazine rings is 1. The van der Waals surface area contributed by atoms with E-state index in [0.717, 1.165) is 23.5 Å². The van der Waals surface area contributed by atoms with E-state index in [9.17, 15) is 22.6 Å². The summed E-state index contributed by atoms with van der Waals surface area (Å²) in [5.41, 5.74) is 1.11. The van der Waals surface area contributed by atoms with Gasteiger partial charge in [-0.2, -0.15) is 4.98 Å². The van der Waals surface area contributed by atoms with Gasteiger partial charge in [-0.15, -0.1) is 9.27 Å². The van der Waals surface area contributed by atoms with Crippen LogP contribution >= 0.6 is 11.8 Å². The summed E-state index contributed by atoms with van der Waals surface area (Å²) in [6, 6.07) is 9.00. The Labute approximate surface area is 218 Å². The maximum atomic E-state index is 14.1. The van der Waals surface area contributed by atoms with E-state index < -0.39 is 28.3 Å². The number of hydrogen-bond acceptors (Lipinski definition) is 8. The molecule has 1 aliphatic heterocycles. The first-order chi connectivity index (χ1) is 17.7. The fourth-order valence-corrected chi connectivity index (χ4v) is 5.57. The molecule has 198 valence electrons. The van der Waals surface area contributed by atoms with Gasteiger partial charge in [0.2, 0.25) is 5.88 Å². The topological polar surface area (TPSA) is 124 Å². The number of nitrogens with zero attached hydrogens (tertiary/aromatic N) is 5. The van der Waals surface area contributed by atoms with E-state index in [1.807, 2.05) is 12.1 Å². The van der Waals surface area contributed by atoms with E-state index in [1.54, 1.807) is 19.3 Å². The quantitative estimate of drug-likeness (QED) is 0.197. The lowest BCUT2D eigenvalue weighted by Gasteiger charge is -2.33. The van der Waals surface area contributed by atoms with E-state index >= 15 is 0 Å². The second-order valence-electron chi connectivity index (χ2n) is 8.21. The molecule has 1 unspecified atom stereocenters. The predicted molar refractivity (Wildman–Crippen MR) is 137 cm³/mol. The van der Waals surface area contributed by atoms with Crippen molar-refractivity contribution in [2.75, 3.05) is 42.4 Å². The molecule has 1 saturated heterocycles. The van der Waals surface area contributed by atoms with Crippen molar-refractivity contribution >= 4 is 33.9 Å². The third kappa shape index (κ3) is 7.11. The predicted octanol–water partition coefficient (Wildman–Crippen LogP) is 3.24. The summed E-state index contributed by atoms with van der Waals surface area (Å²) in [6.07, 6.45) is 2.80. The Kier molecular flexibility index (Phi) is 8.87. The van der Waals surface area contributed by atoms with Crippen LogP contribution in [0.3, 0.4) is 0 Å². The van der Waals surface area contributed by atoms with Gasteiger partial charge in [0.15, 0.2) is 22.6 Å². The fourth-order valence-electron chi connectivity index (χ4n) is 3.58. The normalized spacial score (nSPS) is 16.7. The Balaban J connectivity index is 1.48. The van der Waals surface area contributed by atoms with E-state index in [0.29, 0.717) is 26.2 Å². The van der Waals surface area contributed by atoms with E-state index in [-0.39, 0.29) is 34.8 Å². The Morgan fingerprint density at radius 3 is 2.59 bits per heavy atom. The fraction of sp³-hybridized carbons (Fsp3) is 0.348. The van der Waals surface area contributed by atoms with Crippen LogP contribution in [0.4, 0.5) is 20.3 Å². The number of ether oxygens (including phenoxy) is 1. The first-order valence-corrected chi connectivity index (χ1v) is 13.9. The maximum Gasteiger partial charge on any atom is 0.398 e. The molecule has 0 bridgehead atoms. The molecule has 2 atom stereocenters. The SMILES string of the molecule is C[C@H](CO)Oc1cc(N[S+](=O)(O)N2CCN(c3ccncc3)CC2)nc(SCc2cccc(F)c2F)n1. The molecule has 10 nitrogen and oxygen atoms in total. The molecule has 37 heavy (non-hydrogen) atoms. The number of aliphatic hydroxyl groups excluding tert-OH is 1. The Hall–Kier alpha value is -2.91. The van der Waals surface area contributed by atoms with Crippen molar-refractivity contribution in [1.29, 1.82) is 0 Å². The number of thioether (sulfide) groups is 1. The average molecular weight is 554 g/mol. The summed E-state index contributed by atoms with van der Waals surface area (Å²) in [4.78, 5) is 14.6. The van der Waals surface area contributed by atoms with E-state index in [4.69, 9.17) is 4.74 Å². The summed E-state index contributed by atoms with van der Waals surface area (Å²) < 4.78 is 61.2. The van der Waals surface area contributed by atoms with Gasteiger partial charge in [0.1, 0.15) is 6.10 Å². The molecule has 1 fully saturated rings. The highest BCUT2D eigenvalue weighted by Crippen LogP contribution is 2.28. The molecule has 0 radical (unpaired) electrons. The molecule has 1 aliphatic rings. The number of nitrogens with one attached hydrogen (secondary N) is 1. The molecule has 3 aromatic rings. The van der Waals surface area contributed by atoms with Gasteiger partial charge in [-0.05, 0) is 29.3 Å². The van der Waals surface area contributed by atoms with Crippen LogP contribution in [0.15, 0.2) is 53.9 Å². The minimum absolute atomic E-state index is 0.0152. The highest BCUT2D eigenvalue weighted by Gasteiger charge is 2.39. The number of halogens is 2. The highest BCUT2D eigenvalue weighted by molar-refractivity contribution is 7.98. The molecule has 14 heteroatoms. The zero-order valence-electron chi connectivity index (χ0n) is 20.0. The first-order valence-electron chi connectivity index (χ1n) is 11.4. The second-order valence-corrected chi connectivity index (χ2v) is 10.9. The molecule has 2 aromatic heterocycles. The maximum absolute atomic E-state index is 14.1. The summed E-state index contributed by atoms with van der Waals surface area (Å²) in [7, 11) is -3.71. The highest BCUT2D eigenvalue weighted by atomic mass is 32.3. The van der Waals surface area contributed by atoms with Crippen LogP contribution < -0.4 is 14.4 Å². The van der Waals surface area contributed by atoms with E-state index in [2.05, 4.69) is 24.6 Å². The zero-order chi connectivity index (χ0) is 26.4. The Morgan fingerprint density at radius 1 is 1.16 bits per heavy atom. The van der Waals surface area contributed by atoms with Gasteiger partial charge in [0.05, 0.1) is 19.7 Å². The number of aromatic nitrogens is 3. The van der Waals surface area contributed by atoms with Crippen LogP contribution in [-0.4, -0.2) is 67.8 Å². The van der Waals surface area contributed by atoms with Crippen LogP contribution in [0.1, 0.15) is 12.5 Å². The van der Waals surface area contributed by atoms with Gasteiger partial charge in [-0.3, -0.25) is 4.98 Å². The van der Waals surface area contributed by atoms with Crippen molar-refractivity contribution in [2.45, 2.75) is 23.9 Å². The molecule has 4 rings (SSSR count). The lowest BCUT2D eigenvalue weighted by atomic mass is 10.2. The van der Waals surface area contributed by atoms with Gasteiger partial charge in [-0.1, -0.05) is 28.2 Å². The first kappa shape index (κ1) is 27.1. The molecule has 1 aromatic carbocycles. The number of aliphatic hydroxyl groups is 1. The Morgan fingerprint density at radius 2 is 1.89 bits per heavy atom. The number of rotatable bonds is 10.